The van der Waals surface area contributed by atoms with Crippen LogP contribution in [0.25, 0.3) is 16.9 Å². The molecule has 2 aromatic carbocycles. The number of methoxy groups -OCH3 is 1. The predicted molar refractivity (Wildman–Crippen MR) is 102 cm³/mol. The number of anilines is 1. The second-order valence-corrected chi connectivity index (χ2v) is 6.48. The van der Waals surface area contributed by atoms with Gasteiger partial charge >= 0.3 is 0 Å². The van der Waals surface area contributed by atoms with Crippen molar-refractivity contribution in [2.24, 2.45) is 0 Å². The summed E-state index contributed by atoms with van der Waals surface area (Å²) < 4.78 is 7.33. The minimum absolute atomic E-state index is 0.856. The highest BCUT2D eigenvalue weighted by atomic mass is 16.5. The van der Waals surface area contributed by atoms with Gasteiger partial charge in [0.05, 0.1) is 18.5 Å². The molecule has 0 aliphatic carbocycles. The number of hydrogen-bond donors (Lipinski definition) is 1. The lowest BCUT2D eigenvalue weighted by Crippen LogP contribution is -2.07. The topological polar surface area (TPSA) is 39.1 Å². The zero-order chi connectivity index (χ0) is 17.2. The van der Waals surface area contributed by atoms with Crippen molar-refractivity contribution in [3.05, 3.63) is 59.7 Å². The van der Waals surface area contributed by atoms with Gasteiger partial charge in [0.15, 0.2) is 0 Å². The molecule has 0 saturated heterocycles. The van der Waals surface area contributed by atoms with Crippen molar-refractivity contribution in [2.45, 2.75) is 26.2 Å². The minimum atomic E-state index is 0.856. The van der Waals surface area contributed by atoms with Gasteiger partial charge in [-0.2, -0.15) is 5.10 Å². The highest BCUT2D eigenvalue weighted by Gasteiger charge is 2.22. The summed E-state index contributed by atoms with van der Waals surface area (Å²) in [5.74, 6) is 1.98. The second kappa shape index (κ2) is 6.63. The molecule has 1 aliphatic heterocycles. The molecule has 128 valence electrons. The van der Waals surface area contributed by atoms with Crippen molar-refractivity contribution in [1.29, 1.82) is 0 Å². The van der Waals surface area contributed by atoms with Crippen LogP contribution in [0.3, 0.4) is 0 Å². The van der Waals surface area contributed by atoms with Gasteiger partial charge in [-0.25, -0.2) is 4.68 Å². The number of nitrogens with one attached hydrogen (secondary N) is 1. The van der Waals surface area contributed by atoms with Crippen LogP contribution in [0.15, 0.2) is 48.5 Å². The molecule has 2 heterocycles. The Morgan fingerprint density at radius 3 is 2.60 bits per heavy atom. The van der Waals surface area contributed by atoms with E-state index in [-0.39, 0.29) is 0 Å². The lowest BCUT2D eigenvalue weighted by molar-refractivity contribution is 0.414. The Hall–Kier alpha value is -2.75. The van der Waals surface area contributed by atoms with Gasteiger partial charge in [-0.15, -0.1) is 0 Å². The molecule has 4 heteroatoms. The van der Waals surface area contributed by atoms with E-state index in [0.717, 1.165) is 35.9 Å². The van der Waals surface area contributed by atoms with E-state index in [4.69, 9.17) is 9.84 Å². The Balaban J connectivity index is 1.88. The third-order valence-corrected chi connectivity index (χ3v) is 4.85. The zero-order valence-corrected chi connectivity index (χ0v) is 14.7. The van der Waals surface area contributed by atoms with Crippen LogP contribution >= 0.6 is 0 Å². The zero-order valence-electron chi connectivity index (χ0n) is 14.7. The Morgan fingerprint density at radius 2 is 1.84 bits per heavy atom. The van der Waals surface area contributed by atoms with E-state index in [1.807, 2.05) is 16.8 Å². The first-order valence-electron chi connectivity index (χ1n) is 8.84. The lowest BCUT2D eigenvalue weighted by atomic mass is 10.00. The van der Waals surface area contributed by atoms with Crippen molar-refractivity contribution in [3.63, 3.8) is 0 Å². The van der Waals surface area contributed by atoms with Crippen LogP contribution < -0.4 is 10.1 Å². The molecule has 1 aliphatic rings. The van der Waals surface area contributed by atoms with Crippen LogP contribution in [-0.4, -0.2) is 23.4 Å². The molecular weight excluding hydrogens is 310 g/mol. The van der Waals surface area contributed by atoms with E-state index in [0.29, 0.717) is 0 Å². The summed E-state index contributed by atoms with van der Waals surface area (Å²) >= 11 is 0. The van der Waals surface area contributed by atoms with Crippen LogP contribution in [0.4, 0.5) is 5.82 Å². The average molecular weight is 333 g/mol. The van der Waals surface area contributed by atoms with Gasteiger partial charge in [0.1, 0.15) is 11.6 Å². The summed E-state index contributed by atoms with van der Waals surface area (Å²) in [6.45, 7) is 3.14. The van der Waals surface area contributed by atoms with Crippen molar-refractivity contribution < 1.29 is 4.74 Å². The summed E-state index contributed by atoms with van der Waals surface area (Å²) in [7, 11) is 1.69. The molecule has 0 radical (unpaired) electrons. The first-order chi connectivity index (χ1) is 12.3. The molecule has 1 aromatic heterocycles. The quantitative estimate of drug-likeness (QED) is 0.761. The molecule has 0 atom stereocenters. The number of rotatable bonds is 3. The van der Waals surface area contributed by atoms with E-state index >= 15 is 0 Å². The van der Waals surface area contributed by atoms with Gasteiger partial charge < -0.3 is 10.1 Å². The maximum absolute atomic E-state index is 5.28. The van der Waals surface area contributed by atoms with Gasteiger partial charge in [0.25, 0.3) is 0 Å². The molecular formula is C21H23N3O. The van der Waals surface area contributed by atoms with E-state index in [9.17, 15) is 0 Å². The molecule has 0 unspecified atom stereocenters. The number of hydrogen-bond acceptors (Lipinski definition) is 3. The van der Waals surface area contributed by atoms with Gasteiger partial charge in [0, 0.05) is 17.7 Å². The maximum Gasteiger partial charge on any atom is 0.133 e. The van der Waals surface area contributed by atoms with Crippen LogP contribution in [0.5, 0.6) is 5.75 Å². The van der Waals surface area contributed by atoms with Crippen LogP contribution in [0.1, 0.15) is 24.0 Å². The van der Waals surface area contributed by atoms with Crippen LogP contribution in [0.2, 0.25) is 0 Å². The number of benzene rings is 2. The van der Waals surface area contributed by atoms with Gasteiger partial charge in [-0.1, -0.05) is 24.3 Å². The average Bonchev–Trinajstić information content (AvgIpc) is 2.83. The van der Waals surface area contributed by atoms with Crippen LogP contribution in [0, 0.1) is 6.92 Å². The fourth-order valence-corrected chi connectivity index (χ4v) is 3.47. The third kappa shape index (κ3) is 2.88. The third-order valence-electron chi connectivity index (χ3n) is 4.85. The fraction of sp³-hybridized carbons (Fsp3) is 0.286. The Morgan fingerprint density at radius 1 is 1.04 bits per heavy atom. The molecule has 1 N–H and O–H groups in total. The number of fused-ring (bicyclic) bond motifs is 1. The maximum atomic E-state index is 5.28. The molecule has 4 nitrogen and oxygen atoms in total. The lowest BCUT2D eigenvalue weighted by Gasteiger charge is -2.09. The van der Waals surface area contributed by atoms with Gasteiger partial charge in [-0.3, -0.25) is 0 Å². The van der Waals surface area contributed by atoms with Gasteiger partial charge in [0.2, 0.25) is 0 Å². The first-order valence-corrected chi connectivity index (χ1v) is 8.84. The number of aromatic nitrogens is 2. The monoisotopic (exact) mass is 333 g/mol. The number of nitrogens with zero attached hydrogens (tertiary/aromatic N) is 2. The van der Waals surface area contributed by atoms with Gasteiger partial charge in [-0.05, 0) is 56.0 Å². The van der Waals surface area contributed by atoms with Crippen molar-refractivity contribution >= 4 is 5.82 Å². The summed E-state index contributed by atoms with van der Waals surface area (Å²) in [6, 6.07) is 16.6. The van der Waals surface area contributed by atoms with E-state index < -0.39 is 0 Å². The molecule has 0 bridgehead atoms. The number of ether oxygens (including phenoxy) is 1. The summed E-state index contributed by atoms with van der Waals surface area (Å²) in [5, 5.41) is 8.60. The molecule has 25 heavy (non-hydrogen) atoms. The van der Waals surface area contributed by atoms with E-state index in [1.54, 1.807) is 7.11 Å². The standard InChI is InChI=1S/C21H23N3O/c1-15-7-3-4-8-18(15)20-19-9-5-6-14-22-21(19)24(23-20)16-10-12-17(25-2)13-11-16/h3-4,7-8,10-13,22H,5-6,9,14H2,1-2H3. The molecule has 0 spiro atoms. The second-order valence-electron chi connectivity index (χ2n) is 6.48. The van der Waals surface area contributed by atoms with Crippen molar-refractivity contribution in [3.8, 4) is 22.7 Å². The first kappa shape index (κ1) is 15.8. The SMILES string of the molecule is COc1ccc(-n2nc(-c3ccccc3C)c3c2NCCCC3)cc1. The molecule has 0 saturated carbocycles. The van der Waals surface area contributed by atoms with E-state index in [1.165, 1.54) is 29.5 Å². The van der Waals surface area contributed by atoms with E-state index in [2.05, 4.69) is 48.6 Å². The summed E-state index contributed by atoms with van der Waals surface area (Å²) in [4.78, 5) is 0. The molecule has 4 rings (SSSR count). The Labute approximate surface area is 148 Å². The molecule has 3 aromatic rings. The molecule has 0 fully saturated rings. The Kier molecular flexibility index (Phi) is 4.18. The minimum Gasteiger partial charge on any atom is -0.497 e. The normalized spacial score (nSPS) is 13.7. The summed E-state index contributed by atoms with van der Waals surface area (Å²) in [6.07, 6.45) is 3.43. The molecule has 0 amide bonds. The predicted octanol–water partition coefficient (Wildman–Crippen LogP) is 4.60. The highest BCUT2D eigenvalue weighted by Crippen LogP contribution is 2.35. The van der Waals surface area contributed by atoms with Crippen LogP contribution in [-0.2, 0) is 6.42 Å². The van der Waals surface area contributed by atoms with Crippen molar-refractivity contribution in [2.75, 3.05) is 19.0 Å². The number of aryl methyl sites for hydroxylation is 1. The van der Waals surface area contributed by atoms with Crippen molar-refractivity contribution in [1.82, 2.24) is 9.78 Å². The highest BCUT2D eigenvalue weighted by molar-refractivity contribution is 5.73. The largest absolute Gasteiger partial charge is 0.497 e. The summed E-state index contributed by atoms with van der Waals surface area (Å²) in [5.41, 5.74) is 5.94. The Bertz CT molecular complexity index is 881. The smallest absolute Gasteiger partial charge is 0.133 e. The fourth-order valence-electron chi connectivity index (χ4n) is 3.47.